The summed E-state index contributed by atoms with van der Waals surface area (Å²) >= 11 is 0. The van der Waals surface area contributed by atoms with Gasteiger partial charge < -0.3 is 10.6 Å². The Kier molecular flexibility index (Phi) is 6.76. The van der Waals surface area contributed by atoms with Gasteiger partial charge in [0.2, 0.25) is 10.0 Å². The van der Waals surface area contributed by atoms with Gasteiger partial charge in [0, 0.05) is 19.8 Å². The lowest BCUT2D eigenvalue weighted by Gasteiger charge is -2.19. The number of hydrogen-bond acceptors (Lipinski definition) is 3. The Morgan fingerprint density at radius 1 is 1.08 bits per heavy atom. The minimum Gasteiger partial charge on any atom is -0.331 e. The van der Waals surface area contributed by atoms with Crippen LogP contribution in [0.5, 0.6) is 0 Å². The largest absolute Gasteiger partial charge is 0.331 e. The Morgan fingerprint density at radius 2 is 1.77 bits per heavy atom. The highest BCUT2D eigenvalue weighted by Crippen LogP contribution is 2.20. The second-order valence-electron chi connectivity index (χ2n) is 6.17. The standard InChI is InChI=1S/C19H25N3O3S/c1-4-9-18(15-10-6-5-7-11-15)21-19(23)20-16-12-8-13-17(14-16)26(24,25)22(2)3/h5-8,10-14,18H,4,9H2,1-3H3,(H2,20,21,23)/t18-/m1/s1. The van der Waals surface area contributed by atoms with Crippen LogP contribution < -0.4 is 10.6 Å². The highest BCUT2D eigenvalue weighted by atomic mass is 32.2. The predicted octanol–water partition coefficient (Wildman–Crippen LogP) is 3.60. The summed E-state index contributed by atoms with van der Waals surface area (Å²) in [6, 6.07) is 15.5. The van der Waals surface area contributed by atoms with Gasteiger partial charge in [0.15, 0.2) is 0 Å². The summed E-state index contributed by atoms with van der Waals surface area (Å²) in [7, 11) is -0.609. The molecule has 0 fully saturated rings. The molecule has 2 aromatic rings. The Labute approximate surface area is 155 Å². The lowest BCUT2D eigenvalue weighted by atomic mass is 10.0. The Bertz CT molecular complexity index is 836. The number of carbonyl (C=O) groups excluding carboxylic acids is 1. The molecule has 2 rings (SSSR count). The van der Waals surface area contributed by atoms with Gasteiger partial charge in [0.05, 0.1) is 10.9 Å². The first-order valence-electron chi connectivity index (χ1n) is 8.49. The van der Waals surface area contributed by atoms with Crippen LogP contribution in [0, 0.1) is 0 Å². The topological polar surface area (TPSA) is 78.5 Å². The molecule has 26 heavy (non-hydrogen) atoms. The maximum atomic E-state index is 12.4. The second-order valence-corrected chi connectivity index (χ2v) is 8.32. The number of nitrogens with one attached hydrogen (secondary N) is 2. The summed E-state index contributed by atoms with van der Waals surface area (Å²) in [5, 5.41) is 5.67. The molecule has 6 nitrogen and oxygen atoms in total. The van der Waals surface area contributed by atoms with Gasteiger partial charge in [-0.2, -0.15) is 0 Å². The summed E-state index contributed by atoms with van der Waals surface area (Å²) in [4.78, 5) is 12.5. The molecular formula is C19H25N3O3S. The zero-order valence-electron chi connectivity index (χ0n) is 15.3. The van der Waals surface area contributed by atoms with Crippen LogP contribution in [0.25, 0.3) is 0 Å². The van der Waals surface area contributed by atoms with E-state index < -0.39 is 10.0 Å². The number of sulfonamides is 1. The van der Waals surface area contributed by atoms with E-state index in [0.29, 0.717) is 5.69 Å². The zero-order valence-corrected chi connectivity index (χ0v) is 16.1. The lowest BCUT2D eigenvalue weighted by molar-refractivity contribution is 0.248. The summed E-state index contributed by atoms with van der Waals surface area (Å²) < 4.78 is 25.6. The van der Waals surface area contributed by atoms with Gasteiger partial charge >= 0.3 is 6.03 Å². The van der Waals surface area contributed by atoms with Crippen LogP contribution in [0.2, 0.25) is 0 Å². The fourth-order valence-corrected chi connectivity index (χ4v) is 3.51. The molecule has 0 radical (unpaired) electrons. The predicted molar refractivity (Wildman–Crippen MR) is 104 cm³/mol. The Hall–Kier alpha value is -2.38. The highest BCUT2D eigenvalue weighted by molar-refractivity contribution is 7.89. The van der Waals surface area contributed by atoms with Gasteiger partial charge in [0.1, 0.15) is 0 Å². The average Bonchev–Trinajstić information content (AvgIpc) is 2.62. The van der Waals surface area contributed by atoms with Gasteiger partial charge in [-0.3, -0.25) is 0 Å². The summed E-state index contributed by atoms with van der Waals surface area (Å²) in [6.07, 6.45) is 1.74. The normalized spacial score (nSPS) is 12.6. The third kappa shape index (κ3) is 5.06. The SMILES string of the molecule is CCC[C@@H](NC(=O)Nc1cccc(S(=O)(=O)N(C)C)c1)c1ccccc1. The molecule has 0 unspecified atom stereocenters. The minimum absolute atomic E-state index is 0.102. The van der Waals surface area contributed by atoms with Crippen molar-refractivity contribution < 1.29 is 13.2 Å². The van der Waals surface area contributed by atoms with Crippen LogP contribution in [0.3, 0.4) is 0 Å². The van der Waals surface area contributed by atoms with Gasteiger partial charge in [-0.15, -0.1) is 0 Å². The molecule has 0 aliphatic carbocycles. The number of nitrogens with zero attached hydrogens (tertiary/aromatic N) is 1. The molecule has 7 heteroatoms. The lowest BCUT2D eigenvalue weighted by Crippen LogP contribution is -2.32. The Morgan fingerprint density at radius 3 is 2.38 bits per heavy atom. The first kappa shape index (κ1) is 19.9. The third-order valence-electron chi connectivity index (χ3n) is 3.96. The zero-order chi connectivity index (χ0) is 19.2. The molecule has 1 atom stereocenters. The molecule has 0 aliphatic heterocycles. The summed E-state index contributed by atoms with van der Waals surface area (Å²) in [5.41, 5.74) is 1.46. The summed E-state index contributed by atoms with van der Waals surface area (Å²) in [6.45, 7) is 2.06. The number of anilines is 1. The van der Waals surface area contributed by atoms with Gasteiger partial charge in [-0.1, -0.05) is 49.7 Å². The van der Waals surface area contributed by atoms with Crippen molar-refractivity contribution in [2.24, 2.45) is 0 Å². The van der Waals surface area contributed by atoms with Crippen LogP contribution in [-0.4, -0.2) is 32.8 Å². The maximum Gasteiger partial charge on any atom is 0.319 e. The first-order chi connectivity index (χ1) is 12.3. The van der Waals surface area contributed by atoms with Crippen molar-refractivity contribution in [1.29, 1.82) is 0 Å². The average molecular weight is 375 g/mol. The fourth-order valence-electron chi connectivity index (χ4n) is 2.57. The van der Waals surface area contributed by atoms with E-state index >= 15 is 0 Å². The molecule has 0 aliphatic rings. The van der Waals surface area contributed by atoms with Gasteiger partial charge in [-0.05, 0) is 30.2 Å². The van der Waals surface area contributed by atoms with Crippen molar-refractivity contribution in [2.75, 3.05) is 19.4 Å². The molecule has 0 saturated carbocycles. The van der Waals surface area contributed by atoms with E-state index in [1.165, 1.54) is 26.2 Å². The van der Waals surface area contributed by atoms with Gasteiger partial charge in [0.25, 0.3) is 0 Å². The maximum absolute atomic E-state index is 12.4. The van der Waals surface area contributed by atoms with Crippen molar-refractivity contribution in [3.8, 4) is 0 Å². The van der Waals surface area contributed by atoms with Crippen molar-refractivity contribution >= 4 is 21.7 Å². The minimum atomic E-state index is -3.55. The van der Waals surface area contributed by atoms with E-state index in [4.69, 9.17) is 0 Å². The van der Waals surface area contributed by atoms with Crippen LogP contribution in [-0.2, 0) is 10.0 Å². The molecule has 0 heterocycles. The molecule has 2 N–H and O–H groups in total. The molecule has 0 spiro atoms. The van der Waals surface area contributed by atoms with E-state index in [1.54, 1.807) is 12.1 Å². The number of rotatable bonds is 7. The number of benzene rings is 2. The quantitative estimate of drug-likeness (QED) is 0.776. The number of carbonyl (C=O) groups is 1. The van der Waals surface area contributed by atoms with E-state index in [1.807, 2.05) is 30.3 Å². The molecule has 0 bridgehead atoms. The fraction of sp³-hybridized carbons (Fsp3) is 0.316. The molecule has 140 valence electrons. The van der Waals surface area contributed by atoms with Crippen LogP contribution in [0.15, 0.2) is 59.5 Å². The number of amides is 2. The van der Waals surface area contributed by atoms with Crippen molar-refractivity contribution in [2.45, 2.75) is 30.7 Å². The van der Waals surface area contributed by atoms with Crippen LogP contribution in [0.4, 0.5) is 10.5 Å². The number of urea groups is 1. The van der Waals surface area contributed by atoms with E-state index in [-0.39, 0.29) is 17.0 Å². The molecule has 2 amide bonds. The third-order valence-corrected chi connectivity index (χ3v) is 5.77. The monoisotopic (exact) mass is 375 g/mol. The van der Waals surface area contributed by atoms with Gasteiger partial charge in [-0.25, -0.2) is 17.5 Å². The summed E-state index contributed by atoms with van der Waals surface area (Å²) in [5.74, 6) is 0. The van der Waals surface area contributed by atoms with Crippen molar-refractivity contribution in [3.05, 3.63) is 60.2 Å². The van der Waals surface area contributed by atoms with Crippen LogP contribution >= 0.6 is 0 Å². The van der Waals surface area contributed by atoms with Crippen molar-refractivity contribution in [3.63, 3.8) is 0 Å². The highest BCUT2D eigenvalue weighted by Gasteiger charge is 2.18. The molecule has 0 aromatic heterocycles. The molecule has 0 saturated heterocycles. The smallest absolute Gasteiger partial charge is 0.319 e. The first-order valence-corrected chi connectivity index (χ1v) is 9.93. The van der Waals surface area contributed by atoms with E-state index in [9.17, 15) is 13.2 Å². The van der Waals surface area contributed by atoms with E-state index in [0.717, 1.165) is 22.7 Å². The Balaban J connectivity index is 2.12. The van der Waals surface area contributed by atoms with Crippen molar-refractivity contribution in [1.82, 2.24) is 9.62 Å². The molecule has 2 aromatic carbocycles. The number of hydrogen-bond donors (Lipinski definition) is 2. The second kappa shape index (κ2) is 8.82. The van der Waals surface area contributed by atoms with Crippen LogP contribution in [0.1, 0.15) is 31.4 Å². The molecular weight excluding hydrogens is 350 g/mol. The van der Waals surface area contributed by atoms with E-state index in [2.05, 4.69) is 17.6 Å².